The molecule has 11 heteroatoms. The molecule has 0 aliphatic carbocycles. The molecule has 3 heterocycles. The Morgan fingerprint density at radius 1 is 1.25 bits per heavy atom. The van der Waals surface area contributed by atoms with Crippen LogP contribution in [0.2, 0.25) is 0 Å². The van der Waals surface area contributed by atoms with Crippen molar-refractivity contribution in [3.05, 3.63) is 74.4 Å². The molecule has 4 aromatic rings. The van der Waals surface area contributed by atoms with Crippen LogP contribution in [0.5, 0.6) is 0 Å². The van der Waals surface area contributed by atoms with Gasteiger partial charge in [-0.25, -0.2) is 9.18 Å². The van der Waals surface area contributed by atoms with E-state index in [-0.39, 0.29) is 15.8 Å². The zero-order chi connectivity index (χ0) is 20.0. The van der Waals surface area contributed by atoms with Crippen molar-refractivity contribution < 1.29 is 9.18 Å². The van der Waals surface area contributed by atoms with E-state index in [9.17, 15) is 18.8 Å². The highest BCUT2D eigenvalue weighted by molar-refractivity contribution is 7.21. The second kappa shape index (κ2) is 6.53. The van der Waals surface area contributed by atoms with Crippen LogP contribution in [0.25, 0.3) is 15.2 Å². The second-order valence-electron chi connectivity index (χ2n) is 6.01. The highest BCUT2D eigenvalue weighted by Gasteiger charge is 2.22. The lowest BCUT2D eigenvalue weighted by atomic mass is 10.1. The third-order valence-corrected chi connectivity index (χ3v) is 5.55. The fourth-order valence-corrected chi connectivity index (χ4v) is 4.11. The zero-order valence-corrected chi connectivity index (χ0v) is 15.3. The number of nitrogens with zero attached hydrogens (tertiary/aromatic N) is 5. The molecule has 0 radical (unpaired) electrons. The van der Waals surface area contributed by atoms with Crippen molar-refractivity contribution in [3.63, 3.8) is 0 Å². The number of nitrogens with two attached hydrogens (primary N) is 1. The lowest BCUT2D eigenvalue weighted by Crippen LogP contribution is -2.45. The maximum atomic E-state index is 13.4. The smallest absolute Gasteiger partial charge is 0.332 e. The molecule has 0 saturated carbocycles. The van der Waals surface area contributed by atoms with Gasteiger partial charge < -0.3 is 5.84 Å². The summed E-state index contributed by atoms with van der Waals surface area (Å²) in [5.74, 6) is 4.59. The molecule has 142 valence electrons. The first kappa shape index (κ1) is 17.8. The molecule has 0 unspecified atom stereocenters. The van der Waals surface area contributed by atoms with E-state index in [0.29, 0.717) is 15.2 Å². The number of rotatable bonds is 4. The van der Waals surface area contributed by atoms with Crippen molar-refractivity contribution in [3.8, 4) is 5.00 Å². The minimum absolute atomic E-state index is 0.108. The number of hydrogen-bond acceptors (Lipinski definition) is 7. The number of ketones is 1. The Morgan fingerprint density at radius 3 is 2.64 bits per heavy atom. The number of benzene rings is 1. The van der Waals surface area contributed by atoms with Crippen LogP contribution in [0.1, 0.15) is 15.9 Å². The number of halogens is 1. The summed E-state index contributed by atoms with van der Waals surface area (Å²) in [4.78, 5) is 39.3. The fourth-order valence-electron chi connectivity index (χ4n) is 2.90. The van der Waals surface area contributed by atoms with Crippen LogP contribution in [0.4, 0.5) is 4.39 Å². The van der Waals surface area contributed by atoms with Crippen LogP contribution < -0.4 is 17.1 Å². The van der Waals surface area contributed by atoms with Crippen molar-refractivity contribution in [2.45, 2.75) is 13.5 Å². The van der Waals surface area contributed by atoms with E-state index in [1.807, 2.05) is 0 Å². The highest BCUT2D eigenvalue weighted by Crippen LogP contribution is 2.30. The molecular formula is C17H13FN6O3S. The average Bonchev–Trinajstić information content (AvgIpc) is 3.31. The Kier molecular flexibility index (Phi) is 4.15. The molecule has 0 atom stereocenters. The first-order valence-corrected chi connectivity index (χ1v) is 8.89. The number of thiophene rings is 1. The van der Waals surface area contributed by atoms with Crippen LogP contribution in [0.15, 0.2) is 46.2 Å². The Balaban J connectivity index is 1.93. The average molecular weight is 400 g/mol. The summed E-state index contributed by atoms with van der Waals surface area (Å²) in [5.41, 5.74) is -0.880. The highest BCUT2D eigenvalue weighted by atomic mass is 32.1. The van der Waals surface area contributed by atoms with Gasteiger partial charge in [0.2, 0.25) is 0 Å². The third-order valence-electron chi connectivity index (χ3n) is 4.27. The summed E-state index contributed by atoms with van der Waals surface area (Å²) < 4.78 is 15.0. The number of aromatic nitrogens is 5. The molecule has 2 N–H and O–H groups in total. The van der Waals surface area contributed by atoms with Gasteiger partial charge in [-0.2, -0.15) is 14.9 Å². The van der Waals surface area contributed by atoms with Crippen LogP contribution in [0, 0.1) is 12.7 Å². The number of fused-ring (bicyclic) bond motifs is 1. The first-order chi connectivity index (χ1) is 13.4. The lowest BCUT2D eigenvalue weighted by molar-refractivity contribution is 0.0971. The van der Waals surface area contributed by atoms with Gasteiger partial charge in [0.15, 0.2) is 5.78 Å². The molecule has 0 aliphatic heterocycles. The second-order valence-corrected chi connectivity index (χ2v) is 6.99. The minimum atomic E-state index is -0.844. The van der Waals surface area contributed by atoms with E-state index in [0.717, 1.165) is 22.0 Å². The largest absolute Gasteiger partial charge is 0.351 e. The van der Waals surface area contributed by atoms with E-state index in [1.54, 1.807) is 6.92 Å². The zero-order valence-electron chi connectivity index (χ0n) is 14.5. The van der Waals surface area contributed by atoms with Crippen molar-refractivity contribution in [2.24, 2.45) is 0 Å². The van der Waals surface area contributed by atoms with E-state index in [2.05, 4.69) is 10.2 Å². The molecule has 1 aromatic carbocycles. The summed E-state index contributed by atoms with van der Waals surface area (Å²) in [5, 5.41) is 8.81. The van der Waals surface area contributed by atoms with Crippen LogP contribution in [-0.2, 0) is 6.54 Å². The van der Waals surface area contributed by atoms with Gasteiger partial charge >= 0.3 is 5.69 Å². The summed E-state index contributed by atoms with van der Waals surface area (Å²) >= 11 is 1.09. The number of carbonyl (C=O) groups excluding carboxylic acids is 1. The Hall–Kier alpha value is -3.60. The lowest BCUT2D eigenvalue weighted by Gasteiger charge is -2.09. The normalized spacial score (nSPS) is 11.2. The van der Waals surface area contributed by atoms with Crippen LogP contribution in [-0.4, -0.2) is 30.0 Å². The van der Waals surface area contributed by atoms with E-state index in [1.165, 1.54) is 35.4 Å². The topological polar surface area (TPSA) is 118 Å². The van der Waals surface area contributed by atoms with E-state index < -0.39 is 29.4 Å². The standard InChI is InChI=1S/C17H13FN6O3S/c1-9-13-14(26)23(19)17(27)22(8-12(25)10-3-2-4-11(18)7-10)16(13)28-15(9)24-20-5-6-21-24/h2-7H,8,19H2,1H3. The molecule has 0 bridgehead atoms. The summed E-state index contributed by atoms with van der Waals surface area (Å²) in [6.07, 6.45) is 2.96. The Morgan fingerprint density at radius 2 is 1.96 bits per heavy atom. The van der Waals surface area contributed by atoms with Crippen molar-refractivity contribution in [2.75, 3.05) is 5.84 Å². The molecule has 0 amide bonds. The van der Waals surface area contributed by atoms with Gasteiger partial charge in [0, 0.05) is 11.1 Å². The van der Waals surface area contributed by atoms with Gasteiger partial charge in [-0.1, -0.05) is 23.5 Å². The van der Waals surface area contributed by atoms with Gasteiger partial charge in [-0.05, 0) is 19.1 Å². The minimum Gasteiger partial charge on any atom is -0.332 e. The molecule has 4 rings (SSSR count). The van der Waals surface area contributed by atoms with Gasteiger partial charge in [0.1, 0.15) is 15.6 Å². The van der Waals surface area contributed by atoms with Crippen LogP contribution >= 0.6 is 11.3 Å². The molecule has 9 nitrogen and oxygen atoms in total. The summed E-state index contributed by atoms with van der Waals surface area (Å²) in [6, 6.07) is 5.15. The predicted molar refractivity (Wildman–Crippen MR) is 101 cm³/mol. The van der Waals surface area contributed by atoms with Crippen LogP contribution in [0.3, 0.4) is 0 Å². The Labute approximate surface area is 160 Å². The third kappa shape index (κ3) is 2.72. The summed E-state index contributed by atoms with van der Waals surface area (Å²) in [6.45, 7) is 1.28. The monoisotopic (exact) mass is 400 g/mol. The SMILES string of the molecule is Cc1c(-n2nccn2)sc2c1c(=O)n(N)c(=O)n2CC(=O)c1cccc(F)c1. The summed E-state index contributed by atoms with van der Waals surface area (Å²) in [7, 11) is 0. The molecule has 0 aliphatic rings. The molecule has 0 fully saturated rings. The molecule has 0 spiro atoms. The first-order valence-electron chi connectivity index (χ1n) is 8.08. The quantitative estimate of drug-likeness (QED) is 0.401. The van der Waals surface area contributed by atoms with Gasteiger partial charge in [-0.3, -0.25) is 14.2 Å². The maximum Gasteiger partial charge on any atom is 0.351 e. The fraction of sp³-hybridized carbons (Fsp3) is 0.118. The van der Waals surface area contributed by atoms with Crippen molar-refractivity contribution in [1.82, 2.24) is 24.2 Å². The van der Waals surface area contributed by atoms with Gasteiger partial charge in [0.05, 0.1) is 24.3 Å². The number of aryl methyl sites for hydroxylation is 1. The van der Waals surface area contributed by atoms with Crippen molar-refractivity contribution >= 4 is 27.3 Å². The molecular weight excluding hydrogens is 387 g/mol. The predicted octanol–water partition coefficient (Wildman–Crippen LogP) is 0.850. The molecule has 0 saturated heterocycles. The maximum absolute atomic E-state index is 13.4. The van der Waals surface area contributed by atoms with Gasteiger partial charge in [0.25, 0.3) is 5.56 Å². The van der Waals surface area contributed by atoms with E-state index >= 15 is 0 Å². The van der Waals surface area contributed by atoms with Gasteiger partial charge in [-0.15, -0.1) is 4.80 Å². The molecule has 3 aromatic heterocycles. The number of Topliss-reactive ketones (excluding diaryl/α,β-unsaturated/α-hetero) is 1. The number of nitrogen functional groups attached to an aromatic ring is 1. The van der Waals surface area contributed by atoms with E-state index in [4.69, 9.17) is 5.84 Å². The Bertz CT molecular complexity index is 1340. The molecule has 28 heavy (non-hydrogen) atoms. The van der Waals surface area contributed by atoms with Crippen molar-refractivity contribution in [1.29, 1.82) is 0 Å². The number of carbonyl (C=O) groups is 1. The number of hydrogen-bond donors (Lipinski definition) is 1.